The van der Waals surface area contributed by atoms with Gasteiger partial charge in [-0.1, -0.05) is 16.8 Å². The summed E-state index contributed by atoms with van der Waals surface area (Å²) in [5.41, 5.74) is 0. The number of carbonyl (C=O) groups excluding carboxylic acids is 1. The maximum absolute atomic E-state index is 12.6. The van der Waals surface area contributed by atoms with Crippen molar-refractivity contribution < 1.29 is 4.79 Å². The van der Waals surface area contributed by atoms with E-state index >= 15 is 0 Å². The zero-order chi connectivity index (χ0) is 14.8. The van der Waals surface area contributed by atoms with E-state index in [0.717, 1.165) is 35.1 Å². The van der Waals surface area contributed by atoms with Crippen molar-refractivity contribution in [1.29, 1.82) is 0 Å². The van der Waals surface area contributed by atoms with Gasteiger partial charge in [0.1, 0.15) is 0 Å². The van der Waals surface area contributed by atoms with E-state index in [0.29, 0.717) is 6.04 Å². The SMILES string of the molecule is C[C@H](C(=O)N1CCC(n2ccnn2)CC1)c1ccc(Cl)s1. The molecule has 0 saturated carbocycles. The lowest BCUT2D eigenvalue weighted by Gasteiger charge is -2.33. The van der Waals surface area contributed by atoms with Crippen molar-refractivity contribution >= 4 is 28.8 Å². The summed E-state index contributed by atoms with van der Waals surface area (Å²) < 4.78 is 2.62. The number of nitrogens with zero attached hydrogens (tertiary/aromatic N) is 4. The normalized spacial score (nSPS) is 17.9. The number of halogens is 1. The zero-order valence-electron chi connectivity index (χ0n) is 11.8. The highest BCUT2D eigenvalue weighted by Gasteiger charge is 2.28. The first kappa shape index (κ1) is 14.5. The van der Waals surface area contributed by atoms with Crippen molar-refractivity contribution in [2.45, 2.75) is 31.7 Å². The van der Waals surface area contributed by atoms with Crippen LogP contribution in [0.4, 0.5) is 0 Å². The third-order valence-electron chi connectivity index (χ3n) is 3.98. The second-order valence-electron chi connectivity index (χ2n) is 5.30. The molecule has 1 atom stereocenters. The zero-order valence-corrected chi connectivity index (χ0v) is 13.3. The molecule has 1 aliphatic heterocycles. The Labute approximate surface area is 132 Å². The Kier molecular flexibility index (Phi) is 4.26. The molecule has 3 heterocycles. The second-order valence-corrected chi connectivity index (χ2v) is 7.05. The lowest BCUT2D eigenvalue weighted by molar-refractivity contribution is -0.133. The highest BCUT2D eigenvalue weighted by atomic mass is 35.5. The fraction of sp³-hybridized carbons (Fsp3) is 0.500. The summed E-state index contributed by atoms with van der Waals surface area (Å²) >= 11 is 7.43. The molecule has 1 aliphatic rings. The van der Waals surface area contributed by atoms with Gasteiger partial charge in [-0.15, -0.1) is 16.4 Å². The monoisotopic (exact) mass is 324 g/mol. The summed E-state index contributed by atoms with van der Waals surface area (Å²) in [5, 5.41) is 7.89. The minimum absolute atomic E-state index is 0.120. The average Bonchev–Trinajstić information content (AvgIpc) is 3.17. The number of aromatic nitrogens is 3. The predicted molar refractivity (Wildman–Crippen MR) is 82.6 cm³/mol. The average molecular weight is 325 g/mol. The van der Waals surface area contributed by atoms with Crippen LogP contribution in [0.5, 0.6) is 0 Å². The van der Waals surface area contributed by atoms with E-state index in [1.807, 2.05) is 34.8 Å². The molecule has 3 rings (SSSR count). The smallest absolute Gasteiger partial charge is 0.230 e. The maximum Gasteiger partial charge on any atom is 0.230 e. The lowest BCUT2D eigenvalue weighted by atomic mass is 10.0. The Bertz CT molecular complexity index is 604. The van der Waals surface area contributed by atoms with Gasteiger partial charge in [-0.25, -0.2) is 4.68 Å². The third-order valence-corrected chi connectivity index (χ3v) is 5.40. The summed E-state index contributed by atoms with van der Waals surface area (Å²) in [5.74, 6) is 0.0657. The Morgan fingerprint density at radius 2 is 2.19 bits per heavy atom. The molecule has 21 heavy (non-hydrogen) atoms. The molecular weight excluding hydrogens is 308 g/mol. The van der Waals surface area contributed by atoms with Crippen LogP contribution in [-0.4, -0.2) is 38.9 Å². The number of rotatable bonds is 3. The maximum atomic E-state index is 12.6. The van der Waals surface area contributed by atoms with Crippen LogP contribution in [0.25, 0.3) is 0 Å². The summed E-state index contributed by atoms with van der Waals surface area (Å²) in [4.78, 5) is 15.5. The number of carbonyl (C=O) groups is 1. The van der Waals surface area contributed by atoms with Crippen molar-refractivity contribution in [3.8, 4) is 0 Å². The van der Waals surface area contributed by atoms with Crippen LogP contribution in [-0.2, 0) is 4.79 Å². The molecule has 5 nitrogen and oxygen atoms in total. The number of amides is 1. The van der Waals surface area contributed by atoms with Crippen LogP contribution in [0.15, 0.2) is 24.5 Å². The molecule has 112 valence electrons. The van der Waals surface area contributed by atoms with Crippen LogP contribution < -0.4 is 0 Å². The van der Waals surface area contributed by atoms with E-state index in [4.69, 9.17) is 11.6 Å². The Morgan fingerprint density at radius 3 is 2.76 bits per heavy atom. The minimum Gasteiger partial charge on any atom is -0.342 e. The van der Waals surface area contributed by atoms with E-state index < -0.39 is 0 Å². The van der Waals surface area contributed by atoms with Crippen molar-refractivity contribution in [1.82, 2.24) is 19.9 Å². The van der Waals surface area contributed by atoms with Crippen LogP contribution in [0.3, 0.4) is 0 Å². The molecule has 0 bridgehead atoms. The van der Waals surface area contributed by atoms with Crippen LogP contribution in [0.2, 0.25) is 4.34 Å². The van der Waals surface area contributed by atoms with Gasteiger partial charge in [0.15, 0.2) is 0 Å². The standard InChI is InChI=1S/C14H17ClN4OS/c1-10(12-2-3-13(15)21-12)14(20)18-7-4-11(5-8-18)19-9-6-16-17-19/h2-3,6,9-11H,4-5,7-8H2,1H3/t10-/m0/s1. The molecule has 0 aromatic carbocycles. The number of hydrogen-bond donors (Lipinski definition) is 0. The largest absolute Gasteiger partial charge is 0.342 e. The molecular formula is C14H17ClN4OS. The molecule has 1 fully saturated rings. The fourth-order valence-corrected chi connectivity index (χ4v) is 3.82. The van der Waals surface area contributed by atoms with Gasteiger partial charge >= 0.3 is 0 Å². The minimum atomic E-state index is -0.120. The molecule has 1 amide bonds. The van der Waals surface area contributed by atoms with Gasteiger partial charge in [0.05, 0.1) is 22.5 Å². The van der Waals surface area contributed by atoms with Gasteiger partial charge in [0, 0.05) is 24.2 Å². The summed E-state index contributed by atoms with van der Waals surface area (Å²) in [6.07, 6.45) is 5.43. The van der Waals surface area contributed by atoms with E-state index in [-0.39, 0.29) is 11.8 Å². The summed E-state index contributed by atoms with van der Waals surface area (Å²) in [6, 6.07) is 4.14. The van der Waals surface area contributed by atoms with Crippen molar-refractivity contribution in [2.75, 3.05) is 13.1 Å². The molecule has 1 saturated heterocycles. The first-order chi connectivity index (χ1) is 10.1. The van der Waals surface area contributed by atoms with Gasteiger partial charge in [0.25, 0.3) is 0 Å². The molecule has 2 aromatic heterocycles. The van der Waals surface area contributed by atoms with E-state index in [1.165, 1.54) is 11.3 Å². The molecule has 0 N–H and O–H groups in total. The summed E-state index contributed by atoms with van der Waals surface area (Å²) in [6.45, 7) is 3.49. The Morgan fingerprint density at radius 1 is 1.43 bits per heavy atom. The molecule has 7 heteroatoms. The number of hydrogen-bond acceptors (Lipinski definition) is 4. The van der Waals surface area contributed by atoms with Gasteiger partial charge in [-0.05, 0) is 31.9 Å². The number of thiophene rings is 1. The van der Waals surface area contributed by atoms with Crippen LogP contribution >= 0.6 is 22.9 Å². The van der Waals surface area contributed by atoms with Gasteiger partial charge in [-0.2, -0.15) is 0 Å². The highest BCUT2D eigenvalue weighted by molar-refractivity contribution is 7.16. The third kappa shape index (κ3) is 3.11. The first-order valence-corrected chi connectivity index (χ1v) is 8.24. The van der Waals surface area contributed by atoms with Gasteiger partial charge < -0.3 is 4.90 Å². The van der Waals surface area contributed by atoms with Crippen LogP contribution in [0.1, 0.15) is 36.6 Å². The van der Waals surface area contributed by atoms with Crippen molar-refractivity contribution in [3.05, 3.63) is 33.7 Å². The molecule has 0 radical (unpaired) electrons. The highest BCUT2D eigenvalue weighted by Crippen LogP contribution is 2.30. The van der Waals surface area contributed by atoms with Gasteiger partial charge in [0.2, 0.25) is 5.91 Å². The molecule has 0 unspecified atom stereocenters. The molecule has 0 aliphatic carbocycles. The van der Waals surface area contributed by atoms with E-state index in [9.17, 15) is 4.79 Å². The summed E-state index contributed by atoms with van der Waals surface area (Å²) in [7, 11) is 0. The van der Waals surface area contributed by atoms with E-state index in [1.54, 1.807) is 6.20 Å². The Hall–Kier alpha value is -1.40. The number of likely N-dealkylation sites (tertiary alicyclic amines) is 1. The predicted octanol–water partition coefficient (Wildman–Crippen LogP) is 2.96. The van der Waals surface area contributed by atoms with Crippen LogP contribution in [0, 0.1) is 0 Å². The lowest BCUT2D eigenvalue weighted by Crippen LogP contribution is -2.41. The molecule has 0 spiro atoms. The second kappa shape index (κ2) is 6.15. The number of piperidine rings is 1. The van der Waals surface area contributed by atoms with Crippen molar-refractivity contribution in [3.63, 3.8) is 0 Å². The van der Waals surface area contributed by atoms with E-state index in [2.05, 4.69) is 10.3 Å². The first-order valence-electron chi connectivity index (χ1n) is 7.05. The van der Waals surface area contributed by atoms with Gasteiger partial charge in [-0.3, -0.25) is 4.79 Å². The Balaban J connectivity index is 1.60. The fourth-order valence-electron chi connectivity index (χ4n) is 2.72. The molecule has 2 aromatic rings. The van der Waals surface area contributed by atoms with Crippen molar-refractivity contribution in [2.24, 2.45) is 0 Å². The quantitative estimate of drug-likeness (QED) is 0.872. The topological polar surface area (TPSA) is 51.0 Å².